The lowest BCUT2D eigenvalue weighted by molar-refractivity contribution is -0.389. The second-order valence-corrected chi connectivity index (χ2v) is 8.69. The zero-order chi connectivity index (χ0) is 24.1. The van der Waals surface area contributed by atoms with Crippen LogP contribution < -0.4 is 4.74 Å². The molecular formula is C21H21F3N6O4. The quantitative estimate of drug-likeness (QED) is 0.315. The Balaban J connectivity index is 1.15. The number of benzene rings is 1. The average Bonchev–Trinajstić information content (AvgIpc) is 3.43. The minimum Gasteiger partial charge on any atom is -0.455 e. The molecule has 4 heterocycles. The predicted molar refractivity (Wildman–Crippen MR) is 115 cm³/mol. The Morgan fingerprint density at radius 3 is 2.71 bits per heavy atom. The molecule has 3 aromatic rings. The molecule has 0 saturated carbocycles. The molecule has 2 aliphatic rings. The lowest BCUT2D eigenvalue weighted by atomic mass is 10.1. The van der Waals surface area contributed by atoms with E-state index >= 15 is 0 Å². The van der Waals surface area contributed by atoms with E-state index in [0.717, 1.165) is 25.2 Å². The minimum absolute atomic E-state index is 0.228. The topological polar surface area (TPSA) is 102 Å². The summed E-state index contributed by atoms with van der Waals surface area (Å²) in [5.41, 5.74) is -0.886. The summed E-state index contributed by atoms with van der Waals surface area (Å²) in [7, 11) is 0. The molecule has 0 aliphatic carbocycles. The van der Waals surface area contributed by atoms with Gasteiger partial charge in [0.05, 0.1) is 18.3 Å². The second kappa shape index (κ2) is 8.01. The summed E-state index contributed by atoms with van der Waals surface area (Å²) in [6.07, 6.45) is -1.51. The summed E-state index contributed by atoms with van der Waals surface area (Å²) in [5, 5.41) is 17.5. The molecule has 0 bridgehead atoms. The lowest BCUT2D eigenvalue weighted by Gasteiger charge is -2.36. The van der Waals surface area contributed by atoms with Crippen molar-refractivity contribution in [1.82, 2.24) is 19.5 Å². The van der Waals surface area contributed by atoms with Crippen molar-refractivity contribution in [2.45, 2.75) is 25.2 Å². The number of imidazole rings is 1. The number of fused-ring (bicyclic) bond motifs is 2. The number of furan rings is 1. The number of alkyl halides is 3. The molecule has 1 saturated heterocycles. The summed E-state index contributed by atoms with van der Waals surface area (Å²) in [6.45, 7) is 5.82. The Morgan fingerprint density at radius 2 is 2.03 bits per heavy atom. The van der Waals surface area contributed by atoms with Gasteiger partial charge in [0, 0.05) is 43.1 Å². The van der Waals surface area contributed by atoms with Crippen molar-refractivity contribution in [3.63, 3.8) is 0 Å². The molecule has 13 heteroatoms. The third kappa shape index (κ3) is 4.42. The Kier molecular flexibility index (Phi) is 5.23. The van der Waals surface area contributed by atoms with Gasteiger partial charge in [0.1, 0.15) is 23.1 Å². The van der Waals surface area contributed by atoms with E-state index in [1.54, 1.807) is 4.57 Å². The van der Waals surface area contributed by atoms with E-state index in [-0.39, 0.29) is 11.8 Å². The van der Waals surface area contributed by atoms with Crippen LogP contribution in [0.3, 0.4) is 0 Å². The number of hydrazone groups is 1. The van der Waals surface area contributed by atoms with Gasteiger partial charge in [0.25, 0.3) is 0 Å². The third-order valence-corrected chi connectivity index (χ3v) is 5.87. The van der Waals surface area contributed by atoms with Crippen molar-refractivity contribution in [2.75, 3.05) is 32.7 Å². The van der Waals surface area contributed by atoms with Crippen molar-refractivity contribution in [3.05, 3.63) is 51.9 Å². The van der Waals surface area contributed by atoms with Crippen LogP contribution in [0.1, 0.15) is 18.2 Å². The van der Waals surface area contributed by atoms with E-state index in [1.807, 2.05) is 11.9 Å². The van der Waals surface area contributed by atoms with E-state index in [0.29, 0.717) is 42.9 Å². The van der Waals surface area contributed by atoms with Gasteiger partial charge in [-0.25, -0.2) is 0 Å². The van der Waals surface area contributed by atoms with Crippen LogP contribution in [0.15, 0.2) is 40.0 Å². The summed E-state index contributed by atoms with van der Waals surface area (Å²) in [6, 6.07) is 5.16. The van der Waals surface area contributed by atoms with Crippen molar-refractivity contribution in [1.29, 1.82) is 0 Å². The number of halogens is 3. The molecule has 0 unspecified atom stereocenters. The first kappa shape index (κ1) is 22.2. The third-order valence-electron chi connectivity index (χ3n) is 5.87. The fourth-order valence-electron chi connectivity index (χ4n) is 4.29. The van der Waals surface area contributed by atoms with E-state index in [2.05, 4.69) is 15.0 Å². The van der Waals surface area contributed by atoms with E-state index < -0.39 is 22.3 Å². The maximum Gasteiger partial charge on any atom is 0.416 e. The van der Waals surface area contributed by atoms with Gasteiger partial charge in [-0.2, -0.15) is 18.3 Å². The molecule has 10 nitrogen and oxygen atoms in total. The Bertz CT molecular complexity index is 1240. The summed E-state index contributed by atoms with van der Waals surface area (Å²) in [4.78, 5) is 16.4. The predicted octanol–water partition coefficient (Wildman–Crippen LogP) is 3.36. The van der Waals surface area contributed by atoms with Crippen LogP contribution in [0.2, 0.25) is 0 Å². The monoisotopic (exact) mass is 478 g/mol. The lowest BCUT2D eigenvalue weighted by Crippen LogP contribution is -2.51. The standard InChI is InChI=1S/C21H21F3N6O4/c1-20(13-28-11-18(30(31)32)26-19(28)34-20)12-27-4-6-29(7-5-27)25-10-16-9-14-8-15(21(22,23)24)2-3-17(14)33-16/h2-3,8-11H,4-7,12-13H2,1H3/b25-10-/t20-/m0/s1. The van der Waals surface area contributed by atoms with Crippen molar-refractivity contribution < 1.29 is 27.2 Å². The number of aromatic nitrogens is 2. The molecular weight excluding hydrogens is 457 g/mol. The number of piperazine rings is 1. The molecule has 180 valence electrons. The van der Waals surface area contributed by atoms with Gasteiger partial charge >= 0.3 is 18.0 Å². The largest absolute Gasteiger partial charge is 0.455 e. The Morgan fingerprint density at radius 1 is 1.26 bits per heavy atom. The molecule has 1 fully saturated rings. The van der Waals surface area contributed by atoms with Crippen LogP contribution in [0, 0.1) is 10.1 Å². The van der Waals surface area contributed by atoms with Crippen LogP contribution in [-0.4, -0.2) is 68.9 Å². The average molecular weight is 478 g/mol. The molecule has 5 rings (SSSR count). The van der Waals surface area contributed by atoms with Crippen molar-refractivity contribution in [2.24, 2.45) is 5.10 Å². The van der Waals surface area contributed by atoms with Gasteiger partial charge in [-0.3, -0.25) is 14.5 Å². The molecule has 2 aliphatic heterocycles. The van der Waals surface area contributed by atoms with Crippen LogP contribution >= 0.6 is 0 Å². The van der Waals surface area contributed by atoms with Crippen LogP contribution in [-0.2, 0) is 12.7 Å². The normalized spacial score (nSPS) is 21.4. The number of ether oxygens (including phenoxy) is 1. The van der Waals surface area contributed by atoms with Crippen LogP contribution in [0.5, 0.6) is 6.01 Å². The number of hydrogen-bond acceptors (Lipinski definition) is 8. The maximum absolute atomic E-state index is 12.9. The molecule has 0 radical (unpaired) electrons. The van der Waals surface area contributed by atoms with E-state index in [4.69, 9.17) is 9.15 Å². The number of hydrogen-bond donors (Lipinski definition) is 0. The molecule has 0 spiro atoms. The fourth-order valence-corrected chi connectivity index (χ4v) is 4.29. The Hall–Kier alpha value is -3.61. The fraction of sp³-hybridized carbons (Fsp3) is 0.429. The molecule has 0 N–H and O–H groups in total. The smallest absolute Gasteiger partial charge is 0.416 e. The highest BCUT2D eigenvalue weighted by Crippen LogP contribution is 2.33. The van der Waals surface area contributed by atoms with E-state index in [1.165, 1.54) is 24.5 Å². The summed E-state index contributed by atoms with van der Waals surface area (Å²) in [5.74, 6) is 0.154. The van der Waals surface area contributed by atoms with Crippen LogP contribution in [0.25, 0.3) is 11.0 Å². The van der Waals surface area contributed by atoms with Crippen molar-refractivity contribution in [3.8, 4) is 6.01 Å². The zero-order valence-corrected chi connectivity index (χ0v) is 18.2. The van der Waals surface area contributed by atoms with E-state index in [9.17, 15) is 23.3 Å². The molecule has 1 aromatic carbocycles. The highest BCUT2D eigenvalue weighted by Gasteiger charge is 2.41. The first-order valence-electron chi connectivity index (χ1n) is 10.6. The second-order valence-electron chi connectivity index (χ2n) is 8.69. The van der Waals surface area contributed by atoms with Crippen molar-refractivity contribution >= 4 is 23.0 Å². The van der Waals surface area contributed by atoms with Gasteiger partial charge in [-0.1, -0.05) is 0 Å². The first-order chi connectivity index (χ1) is 16.1. The molecule has 0 amide bonds. The maximum atomic E-state index is 12.9. The zero-order valence-electron chi connectivity index (χ0n) is 18.2. The molecule has 1 atom stereocenters. The summed E-state index contributed by atoms with van der Waals surface area (Å²) >= 11 is 0. The van der Waals surface area contributed by atoms with Gasteiger partial charge in [0.15, 0.2) is 0 Å². The first-order valence-corrected chi connectivity index (χ1v) is 10.6. The van der Waals surface area contributed by atoms with Gasteiger partial charge in [0.2, 0.25) is 0 Å². The van der Waals surface area contributed by atoms with Gasteiger partial charge < -0.3 is 19.3 Å². The van der Waals surface area contributed by atoms with Gasteiger partial charge in [-0.15, -0.1) is 0 Å². The number of rotatable bonds is 5. The molecule has 34 heavy (non-hydrogen) atoms. The Labute approximate surface area is 191 Å². The highest BCUT2D eigenvalue weighted by atomic mass is 19.4. The molecule has 2 aromatic heterocycles. The number of nitrogens with zero attached hydrogens (tertiary/aromatic N) is 6. The summed E-state index contributed by atoms with van der Waals surface area (Å²) < 4.78 is 51.8. The van der Waals surface area contributed by atoms with Gasteiger partial charge in [-0.05, 0) is 36.1 Å². The SMILES string of the molecule is C[C@]1(CN2CCN(/N=C\c3cc4cc(C(F)(F)F)ccc4o3)CC2)Cn2cc([N+](=O)[O-])nc2O1. The minimum atomic E-state index is -4.40. The highest BCUT2D eigenvalue weighted by molar-refractivity contribution is 5.87. The van der Waals surface area contributed by atoms with Crippen LogP contribution in [0.4, 0.5) is 19.0 Å². The number of nitro groups is 1.